The van der Waals surface area contributed by atoms with E-state index in [1.165, 1.54) is 32.4 Å². The second-order valence-corrected chi connectivity index (χ2v) is 5.66. The number of benzene rings is 2. The van der Waals surface area contributed by atoms with Crippen LogP contribution in [0.4, 0.5) is 8.78 Å². The van der Waals surface area contributed by atoms with Crippen molar-refractivity contribution in [2.45, 2.75) is 6.61 Å². The Balaban J connectivity index is 2.33. The van der Waals surface area contributed by atoms with Crippen LogP contribution in [0.15, 0.2) is 46.9 Å². The highest BCUT2D eigenvalue weighted by Crippen LogP contribution is 2.39. The summed E-state index contributed by atoms with van der Waals surface area (Å²) in [5, 5.41) is 0. The van der Waals surface area contributed by atoms with Crippen molar-refractivity contribution in [1.82, 2.24) is 0 Å². The Kier molecular flexibility index (Phi) is 6.52. The summed E-state index contributed by atoms with van der Waals surface area (Å²) in [6, 6.07) is 9.98. The van der Waals surface area contributed by atoms with Gasteiger partial charge in [-0.1, -0.05) is 34.1 Å². The van der Waals surface area contributed by atoms with Gasteiger partial charge in [-0.2, -0.15) is 8.78 Å². The molecule has 2 rings (SSSR count). The molecule has 4 nitrogen and oxygen atoms in total. The maximum atomic E-state index is 12.5. The van der Waals surface area contributed by atoms with Crippen molar-refractivity contribution >= 4 is 27.8 Å². The maximum Gasteiger partial charge on any atom is 0.387 e. The minimum atomic E-state index is -3.01. The van der Waals surface area contributed by atoms with E-state index in [0.717, 1.165) is 0 Å². The number of alkyl halides is 2. The molecule has 0 amide bonds. The molecule has 25 heavy (non-hydrogen) atoms. The molecule has 0 atom stereocenters. The van der Waals surface area contributed by atoms with E-state index >= 15 is 0 Å². The molecule has 2 aromatic carbocycles. The summed E-state index contributed by atoms with van der Waals surface area (Å²) in [5.41, 5.74) is 1.05. The molecule has 0 aliphatic heterocycles. The first-order chi connectivity index (χ1) is 12.0. The molecule has 0 saturated carbocycles. The summed E-state index contributed by atoms with van der Waals surface area (Å²) in [7, 11) is 2.65. The predicted molar refractivity (Wildman–Crippen MR) is 93.7 cm³/mol. The number of ether oxygens (including phenoxy) is 3. The molecule has 0 radical (unpaired) electrons. The quantitative estimate of drug-likeness (QED) is 0.475. The van der Waals surface area contributed by atoms with Gasteiger partial charge < -0.3 is 14.2 Å². The molecular weight excluding hydrogens is 398 g/mol. The molecule has 0 heterocycles. The van der Waals surface area contributed by atoms with Crippen LogP contribution in [-0.4, -0.2) is 26.6 Å². The Bertz CT molecular complexity index is 765. The fourth-order valence-electron chi connectivity index (χ4n) is 2.12. The number of ketones is 1. The normalized spacial score (nSPS) is 11.0. The average Bonchev–Trinajstić information content (AvgIpc) is 2.60. The first-order valence-electron chi connectivity index (χ1n) is 7.14. The smallest absolute Gasteiger partial charge is 0.387 e. The number of carbonyl (C=O) groups excluding carboxylic acids is 1. The number of hydrogen-bond acceptors (Lipinski definition) is 4. The van der Waals surface area contributed by atoms with Gasteiger partial charge in [-0.3, -0.25) is 4.79 Å². The number of rotatable bonds is 7. The predicted octanol–water partition coefficient (Wildman–Crippen LogP) is 4.96. The van der Waals surface area contributed by atoms with Crippen molar-refractivity contribution in [1.29, 1.82) is 0 Å². The zero-order valence-corrected chi connectivity index (χ0v) is 15.0. The number of halogens is 3. The molecule has 132 valence electrons. The van der Waals surface area contributed by atoms with Gasteiger partial charge in [0.15, 0.2) is 17.3 Å². The third kappa shape index (κ3) is 4.79. The molecule has 0 N–H and O–H groups in total. The van der Waals surface area contributed by atoms with Gasteiger partial charge in [0.05, 0.1) is 14.2 Å². The second kappa shape index (κ2) is 8.62. The third-order valence-corrected chi connectivity index (χ3v) is 3.95. The van der Waals surface area contributed by atoms with Gasteiger partial charge in [-0.15, -0.1) is 0 Å². The largest absolute Gasteiger partial charge is 0.493 e. The molecule has 0 fully saturated rings. The van der Waals surface area contributed by atoms with Crippen LogP contribution in [0.2, 0.25) is 0 Å². The topological polar surface area (TPSA) is 44.8 Å². The van der Waals surface area contributed by atoms with Gasteiger partial charge in [-0.05, 0) is 35.9 Å². The summed E-state index contributed by atoms with van der Waals surface area (Å²) >= 11 is 3.32. The maximum absolute atomic E-state index is 12.5. The van der Waals surface area contributed by atoms with Gasteiger partial charge in [0.25, 0.3) is 0 Å². The van der Waals surface area contributed by atoms with E-state index in [1.54, 1.807) is 24.3 Å². The van der Waals surface area contributed by atoms with E-state index in [-0.39, 0.29) is 23.0 Å². The van der Waals surface area contributed by atoms with Crippen LogP contribution in [0.1, 0.15) is 15.9 Å². The Hall–Kier alpha value is -2.41. The lowest BCUT2D eigenvalue weighted by Crippen LogP contribution is -2.05. The van der Waals surface area contributed by atoms with E-state index in [0.29, 0.717) is 15.6 Å². The summed E-state index contributed by atoms with van der Waals surface area (Å²) in [4.78, 5) is 12.3. The zero-order chi connectivity index (χ0) is 18.4. The van der Waals surface area contributed by atoms with Gasteiger partial charge in [0, 0.05) is 10.0 Å². The molecule has 0 aliphatic carbocycles. The first-order valence-corrected chi connectivity index (χ1v) is 7.93. The molecule has 0 bridgehead atoms. The first kappa shape index (κ1) is 18.9. The monoisotopic (exact) mass is 412 g/mol. The lowest BCUT2D eigenvalue weighted by molar-refractivity contribution is -0.0526. The Morgan fingerprint density at radius 2 is 1.72 bits per heavy atom. The van der Waals surface area contributed by atoms with Crippen LogP contribution >= 0.6 is 15.9 Å². The lowest BCUT2D eigenvalue weighted by Gasteiger charge is -2.14. The highest BCUT2D eigenvalue weighted by molar-refractivity contribution is 9.10. The highest BCUT2D eigenvalue weighted by atomic mass is 79.9. The summed E-state index contributed by atoms with van der Waals surface area (Å²) < 4.78 is 40.3. The van der Waals surface area contributed by atoms with E-state index < -0.39 is 6.61 Å². The van der Waals surface area contributed by atoms with Gasteiger partial charge >= 0.3 is 6.61 Å². The Labute approximate surface area is 152 Å². The van der Waals surface area contributed by atoms with Gasteiger partial charge in [0.2, 0.25) is 5.75 Å². The lowest BCUT2D eigenvalue weighted by atomic mass is 10.1. The Morgan fingerprint density at radius 1 is 1.12 bits per heavy atom. The number of methoxy groups -OCH3 is 2. The van der Waals surface area contributed by atoms with Crippen LogP contribution in [0, 0.1) is 0 Å². The van der Waals surface area contributed by atoms with E-state index in [1.807, 2.05) is 6.07 Å². The minimum absolute atomic E-state index is 0.0765. The fourth-order valence-corrected chi connectivity index (χ4v) is 2.60. The summed E-state index contributed by atoms with van der Waals surface area (Å²) in [5.74, 6) is -0.257. The van der Waals surface area contributed by atoms with Crippen molar-refractivity contribution in [3.05, 3.63) is 58.1 Å². The van der Waals surface area contributed by atoms with Gasteiger partial charge in [-0.25, -0.2) is 0 Å². The van der Waals surface area contributed by atoms with E-state index in [4.69, 9.17) is 9.47 Å². The van der Waals surface area contributed by atoms with Crippen LogP contribution in [0.25, 0.3) is 6.08 Å². The van der Waals surface area contributed by atoms with Crippen molar-refractivity contribution in [3.8, 4) is 17.2 Å². The molecule has 2 aromatic rings. The summed E-state index contributed by atoms with van der Waals surface area (Å²) in [6.45, 7) is -3.01. The van der Waals surface area contributed by atoms with Crippen molar-refractivity contribution < 1.29 is 27.8 Å². The molecule has 0 spiro atoms. The molecule has 0 saturated heterocycles. The molecule has 0 unspecified atom stereocenters. The van der Waals surface area contributed by atoms with Crippen molar-refractivity contribution in [2.75, 3.05) is 14.2 Å². The third-order valence-electron chi connectivity index (χ3n) is 3.26. The SMILES string of the molecule is COc1cc(/C=C/C(=O)c2ccccc2Br)cc(OC)c1OC(F)F. The molecular formula is C18H15BrF2O4. The van der Waals surface area contributed by atoms with Crippen LogP contribution in [-0.2, 0) is 0 Å². The minimum Gasteiger partial charge on any atom is -0.493 e. The zero-order valence-electron chi connectivity index (χ0n) is 13.5. The van der Waals surface area contributed by atoms with Crippen LogP contribution < -0.4 is 14.2 Å². The molecule has 0 aromatic heterocycles. The fraction of sp³-hybridized carbons (Fsp3) is 0.167. The van der Waals surface area contributed by atoms with Crippen molar-refractivity contribution in [3.63, 3.8) is 0 Å². The van der Waals surface area contributed by atoms with E-state index in [2.05, 4.69) is 20.7 Å². The standard InChI is InChI=1S/C18H15BrF2O4/c1-23-15-9-11(10-16(24-2)17(15)25-18(20)21)7-8-14(22)12-5-3-4-6-13(12)19/h3-10,18H,1-2H3/b8-7+. The van der Waals surface area contributed by atoms with Crippen LogP contribution in [0.5, 0.6) is 17.2 Å². The summed E-state index contributed by atoms with van der Waals surface area (Å²) in [6.07, 6.45) is 2.92. The highest BCUT2D eigenvalue weighted by Gasteiger charge is 2.17. The Morgan fingerprint density at radius 3 is 2.24 bits per heavy atom. The number of carbonyl (C=O) groups is 1. The second-order valence-electron chi connectivity index (χ2n) is 4.81. The van der Waals surface area contributed by atoms with Crippen molar-refractivity contribution in [2.24, 2.45) is 0 Å². The number of hydrogen-bond donors (Lipinski definition) is 0. The molecule has 0 aliphatic rings. The van der Waals surface area contributed by atoms with Crippen LogP contribution in [0.3, 0.4) is 0 Å². The average molecular weight is 413 g/mol. The molecule has 7 heteroatoms. The number of allylic oxidation sites excluding steroid dienone is 1. The van der Waals surface area contributed by atoms with E-state index in [9.17, 15) is 13.6 Å². The van der Waals surface area contributed by atoms with Gasteiger partial charge in [0.1, 0.15) is 0 Å².